The number of benzene rings is 2. The van der Waals surface area contributed by atoms with Gasteiger partial charge < -0.3 is 115 Å². The van der Waals surface area contributed by atoms with Crippen LogP contribution < -0.4 is 59.7 Å². The molecule has 0 saturated carbocycles. The molecule has 474 valence electrons. The summed E-state index contributed by atoms with van der Waals surface area (Å²) in [5.41, 5.74) is 17.5. The van der Waals surface area contributed by atoms with Crippen molar-refractivity contribution in [2.24, 2.45) is 17.2 Å². The number of aromatic amines is 1. The second-order valence-corrected chi connectivity index (χ2v) is 20.7. The molecule has 32 nitrogen and oxygen atoms in total. The average molecular weight is 1220 g/mol. The van der Waals surface area contributed by atoms with Gasteiger partial charge in [-0.2, -0.15) is 0 Å². The first kappa shape index (κ1) is 68.9. The number of para-hydroxylation sites is 1. The van der Waals surface area contributed by atoms with E-state index in [-0.39, 0.29) is 43.7 Å². The van der Waals surface area contributed by atoms with E-state index in [1.807, 2.05) is 12.2 Å². The number of aliphatic hydroxyl groups excluding tert-OH is 6. The van der Waals surface area contributed by atoms with Crippen LogP contribution in [0.2, 0.25) is 0 Å². The fraction of sp³-hybridized carbons (Fsp3) is 0.556. The Hall–Kier alpha value is -7.92. The summed E-state index contributed by atoms with van der Waals surface area (Å²) < 4.78 is 17.7. The van der Waals surface area contributed by atoms with Gasteiger partial charge >= 0.3 is 0 Å². The van der Waals surface area contributed by atoms with Gasteiger partial charge in [-0.15, -0.1) is 0 Å². The highest BCUT2D eigenvalue weighted by atomic mass is 16.7. The van der Waals surface area contributed by atoms with Crippen molar-refractivity contribution in [1.29, 1.82) is 0 Å². The van der Waals surface area contributed by atoms with Gasteiger partial charge in [0.2, 0.25) is 59.1 Å². The molecule has 2 aliphatic heterocycles. The van der Waals surface area contributed by atoms with Crippen LogP contribution >= 0.6 is 0 Å². The maximum atomic E-state index is 15.0. The third kappa shape index (κ3) is 20.4. The van der Waals surface area contributed by atoms with Gasteiger partial charge in [0.1, 0.15) is 66.4 Å². The average Bonchev–Trinajstić information content (AvgIpc) is 3.91. The Morgan fingerprint density at radius 3 is 2.06 bits per heavy atom. The van der Waals surface area contributed by atoms with E-state index in [2.05, 4.69) is 42.2 Å². The summed E-state index contributed by atoms with van der Waals surface area (Å²) in [7, 11) is 0. The number of unbranched alkanes of at least 4 members (excludes halogenated alkanes) is 2. The lowest BCUT2D eigenvalue weighted by Gasteiger charge is -2.37. The van der Waals surface area contributed by atoms with Crippen LogP contribution in [-0.2, 0) is 68.6 Å². The molecule has 0 bridgehead atoms. The molecule has 0 radical (unpaired) electrons. The summed E-state index contributed by atoms with van der Waals surface area (Å²) in [6, 6.07) is 0.414. The second-order valence-electron chi connectivity index (χ2n) is 20.7. The number of phenolic OH excluding ortho intramolecular Hbond substituents is 1. The minimum Gasteiger partial charge on any atom is -0.508 e. The van der Waals surface area contributed by atoms with Crippen LogP contribution in [0.3, 0.4) is 0 Å². The highest BCUT2D eigenvalue weighted by molar-refractivity contribution is 5.99. The number of H-pyrrole nitrogens is 1. The lowest BCUT2D eigenvalue weighted by Crippen LogP contribution is -2.62. The zero-order chi connectivity index (χ0) is 63.2. The van der Waals surface area contributed by atoms with Crippen molar-refractivity contribution in [2.75, 3.05) is 39.5 Å². The summed E-state index contributed by atoms with van der Waals surface area (Å²) in [5, 5.41) is 94.3. The van der Waals surface area contributed by atoms with E-state index < -0.39 is 190 Å². The van der Waals surface area contributed by atoms with Crippen LogP contribution in [0.15, 0.2) is 54.7 Å². The number of carbonyl (C=O) groups is 10. The maximum absolute atomic E-state index is 15.0. The Morgan fingerprint density at radius 2 is 1.38 bits per heavy atom. The van der Waals surface area contributed by atoms with Gasteiger partial charge in [-0.05, 0) is 61.6 Å². The van der Waals surface area contributed by atoms with Crippen LogP contribution in [0.25, 0.3) is 10.9 Å². The van der Waals surface area contributed by atoms with Crippen molar-refractivity contribution < 1.29 is 97.9 Å². The van der Waals surface area contributed by atoms with Crippen LogP contribution in [-0.4, -0.2) is 218 Å². The van der Waals surface area contributed by atoms with Crippen molar-refractivity contribution in [2.45, 2.75) is 150 Å². The molecule has 10 amide bonds. The van der Waals surface area contributed by atoms with Gasteiger partial charge in [0.25, 0.3) is 0 Å². The number of aliphatic hydroxyl groups is 6. The molecule has 2 fully saturated rings. The number of primary amides is 2. The third-order valence-corrected chi connectivity index (χ3v) is 14.0. The number of carbonyl (C=O) groups excluding carboxylic acids is 10. The summed E-state index contributed by atoms with van der Waals surface area (Å²) in [4.78, 5) is 140. The lowest BCUT2D eigenvalue weighted by molar-refractivity contribution is -0.284. The molecule has 0 aliphatic carbocycles. The van der Waals surface area contributed by atoms with Crippen LogP contribution in [0.1, 0.15) is 75.5 Å². The van der Waals surface area contributed by atoms with E-state index >= 15 is 0 Å². The van der Waals surface area contributed by atoms with Crippen molar-refractivity contribution in [3.63, 3.8) is 0 Å². The van der Waals surface area contributed by atoms with Gasteiger partial charge in [-0.3, -0.25) is 47.9 Å². The molecule has 2 saturated heterocycles. The first-order valence-electron chi connectivity index (χ1n) is 27.8. The molecule has 5 rings (SSSR count). The van der Waals surface area contributed by atoms with Crippen molar-refractivity contribution in [3.8, 4) is 5.75 Å². The van der Waals surface area contributed by atoms with Gasteiger partial charge in [0.05, 0.1) is 44.8 Å². The number of phenols is 1. The number of hydrogen-bond acceptors (Lipinski definition) is 21. The molecule has 32 heteroatoms. The Bertz CT molecular complexity index is 2810. The maximum Gasteiger partial charge on any atom is 0.248 e. The number of fused-ring (bicyclic) bond motifs is 1. The molecule has 0 unspecified atom stereocenters. The Kier molecular flexibility index (Phi) is 27.0. The van der Waals surface area contributed by atoms with Gasteiger partial charge in [-0.1, -0.05) is 43.7 Å². The predicted molar refractivity (Wildman–Crippen MR) is 298 cm³/mol. The van der Waals surface area contributed by atoms with Gasteiger partial charge in [-0.25, -0.2) is 0 Å². The third-order valence-electron chi connectivity index (χ3n) is 14.0. The number of hydrogen-bond donors (Lipinski definition) is 19. The predicted octanol–water partition coefficient (Wildman–Crippen LogP) is -7.06. The minimum absolute atomic E-state index is 0.000701. The molecule has 3 aromatic rings. The van der Waals surface area contributed by atoms with Crippen LogP contribution in [0.4, 0.5) is 0 Å². The number of aromatic hydroxyl groups is 1. The number of amides is 10. The zero-order valence-corrected chi connectivity index (χ0v) is 47.1. The molecule has 22 N–H and O–H groups in total. The Morgan fingerprint density at radius 1 is 0.721 bits per heavy atom. The highest BCUT2D eigenvalue weighted by Gasteiger charge is 2.42. The number of ether oxygens (including phenoxy) is 3. The Labute approximate surface area is 492 Å². The first-order valence-corrected chi connectivity index (χ1v) is 27.8. The van der Waals surface area contributed by atoms with E-state index in [0.29, 0.717) is 35.7 Å². The summed E-state index contributed by atoms with van der Waals surface area (Å²) in [6.07, 6.45) is -13.6. The molecule has 2 aromatic carbocycles. The van der Waals surface area contributed by atoms with E-state index in [9.17, 15) is 83.7 Å². The SMILES string of the molecule is CCCCO[C@H]1CNC(=O)[C@H]([C@H](O)C(N)=O)NC(=O)[C@H](CO)NC(=O)[C@H](CC(N)=O)NC(=O)CNC(=O)[C@H](CCCCN)NC(=O)[C@H]([C@@H](O)c2ccc(O)cc2)NC(=O)[C@H](Cc2c[nH]c3ccccc23)NC(=O)C[C@H](O[C@@H]2OC[C@@H](O)[C@H](O)[C@H]2O)C1. The molecule has 2 aliphatic rings. The largest absolute Gasteiger partial charge is 0.508 e. The van der Waals surface area contributed by atoms with Crippen LogP contribution in [0.5, 0.6) is 5.75 Å². The first-order chi connectivity index (χ1) is 40.9. The topological polar surface area (TPSA) is 530 Å². The zero-order valence-electron chi connectivity index (χ0n) is 47.1. The van der Waals surface area contributed by atoms with Crippen LogP contribution in [0, 0.1) is 0 Å². The molecule has 1 aromatic heterocycles. The summed E-state index contributed by atoms with van der Waals surface area (Å²) in [5.74, 6) is -12.4. The quantitative estimate of drug-likeness (QED) is 0.0496. The summed E-state index contributed by atoms with van der Waals surface area (Å²) in [6.45, 7) is -1.33. The number of nitrogens with one attached hydrogen (secondary N) is 9. The fourth-order valence-corrected chi connectivity index (χ4v) is 9.24. The number of rotatable bonds is 19. The normalized spacial score (nSPS) is 27.5. The standard InChI is InChI=1S/C54H78N12O20/c1-2-3-16-84-30-18-29(86-54-46(76)44(74)37(69)25-85-54)19-39(71)61-34(17-27-21-58-32-9-5-4-8-31(27)32)50(80)65-41(43(73)26-11-13-28(68)14-12-26)53(83)63-33(10-6-7-15-55)48(78)60-23-40(72)62-35(20-38(56)70)49(79)64-36(24-67)51(81)66-42(45(75)47(57)77)52(82)59-22-30/h4-5,8-9,11-14,21,29-30,33-37,41-46,54,58,67-69,73-76H,2-3,6-7,10,15-20,22-25,55H2,1H3,(H2,56,70)(H2,57,77)(H,59,82)(H,60,78)(H,61,71)(H,62,72)(H,63,83)(H,64,79)(H,65,80)(H,66,81)/t29-,30-,33+,34+,35+,36+,37-,41+,42+,43+,44+,45+,46-,54+/m1/s1. The molecular formula is C54H78N12O20. The van der Waals surface area contributed by atoms with E-state index in [1.54, 1.807) is 30.5 Å². The molecule has 14 atom stereocenters. The molecular weight excluding hydrogens is 1140 g/mol. The van der Waals surface area contributed by atoms with E-state index in [4.69, 9.17) is 31.4 Å². The summed E-state index contributed by atoms with van der Waals surface area (Å²) >= 11 is 0. The second kappa shape index (κ2) is 33.7. The molecule has 86 heavy (non-hydrogen) atoms. The fourth-order valence-electron chi connectivity index (χ4n) is 9.24. The van der Waals surface area contributed by atoms with Crippen molar-refractivity contribution in [1.82, 2.24) is 47.5 Å². The monoisotopic (exact) mass is 1210 g/mol. The lowest BCUT2D eigenvalue weighted by atomic mass is 9.98. The van der Waals surface area contributed by atoms with E-state index in [1.165, 1.54) is 24.3 Å². The number of nitrogens with two attached hydrogens (primary N) is 3. The van der Waals surface area contributed by atoms with Gasteiger partial charge in [0, 0.05) is 43.1 Å². The Balaban J connectivity index is 1.63. The number of aromatic nitrogens is 1. The highest BCUT2D eigenvalue weighted by Crippen LogP contribution is 2.25. The minimum atomic E-state index is -2.48. The smallest absolute Gasteiger partial charge is 0.248 e. The van der Waals surface area contributed by atoms with Crippen molar-refractivity contribution in [3.05, 3.63) is 65.9 Å². The van der Waals surface area contributed by atoms with E-state index in [0.717, 1.165) is 0 Å². The van der Waals surface area contributed by atoms with Crippen molar-refractivity contribution >= 4 is 70.0 Å². The molecule has 3 heterocycles. The molecule has 0 spiro atoms. The van der Waals surface area contributed by atoms with Gasteiger partial charge in [0.15, 0.2) is 12.4 Å².